The first-order chi connectivity index (χ1) is 7.59. The minimum Gasteiger partial charge on any atom is -0.390 e. The lowest BCUT2D eigenvalue weighted by Gasteiger charge is -2.19. The van der Waals surface area contributed by atoms with Crippen LogP contribution in [0, 0.1) is 0 Å². The quantitative estimate of drug-likeness (QED) is 0.743. The van der Waals surface area contributed by atoms with Gasteiger partial charge in [-0.1, -0.05) is 6.07 Å². The Kier molecular flexibility index (Phi) is 5.38. The van der Waals surface area contributed by atoms with Crippen molar-refractivity contribution in [3.05, 3.63) is 30.1 Å². The van der Waals surface area contributed by atoms with Crippen LogP contribution in [0.1, 0.15) is 18.5 Å². The van der Waals surface area contributed by atoms with E-state index in [0.717, 1.165) is 5.56 Å². The van der Waals surface area contributed by atoms with Crippen LogP contribution in [0.3, 0.4) is 0 Å². The SMILES string of the molecule is CC(NCC(O)CN(C)C)c1cccnc1. The lowest BCUT2D eigenvalue weighted by atomic mass is 10.1. The molecule has 1 heterocycles. The van der Waals surface area contributed by atoms with E-state index in [4.69, 9.17) is 0 Å². The molecule has 0 saturated carbocycles. The standard InChI is InChI=1S/C12H21N3O/c1-10(11-5-4-6-13-7-11)14-8-12(16)9-15(2)3/h4-7,10,12,14,16H,8-9H2,1-3H3. The lowest BCUT2D eigenvalue weighted by Crippen LogP contribution is -2.36. The van der Waals surface area contributed by atoms with Crippen molar-refractivity contribution >= 4 is 0 Å². The predicted molar refractivity (Wildman–Crippen MR) is 65.2 cm³/mol. The molecule has 2 N–H and O–H groups in total. The van der Waals surface area contributed by atoms with Crippen molar-refractivity contribution in [3.63, 3.8) is 0 Å². The molecule has 2 unspecified atom stereocenters. The highest BCUT2D eigenvalue weighted by atomic mass is 16.3. The Morgan fingerprint density at radius 3 is 2.81 bits per heavy atom. The zero-order valence-corrected chi connectivity index (χ0v) is 10.2. The molecule has 0 aliphatic heterocycles. The van der Waals surface area contributed by atoms with Crippen molar-refractivity contribution < 1.29 is 5.11 Å². The van der Waals surface area contributed by atoms with Gasteiger partial charge in [-0.05, 0) is 32.6 Å². The van der Waals surface area contributed by atoms with Gasteiger partial charge in [0, 0.05) is 31.5 Å². The van der Waals surface area contributed by atoms with Crippen LogP contribution in [0.25, 0.3) is 0 Å². The summed E-state index contributed by atoms with van der Waals surface area (Å²) in [5.41, 5.74) is 1.14. The molecule has 0 fully saturated rings. The van der Waals surface area contributed by atoms with Gasteiger partial charge in [0.1, 0.15) is 0 Å². The van der Waals surface area contributed by atoms with E-state index in [9.17, 15) is 5.11 Å². The molecule has 0 amide bonds. The second-order valence-corrected chi connectivity index (χ2v) is 4.33. The molecule has 16 heavy (non-hydrogen) atoms. The Morgan fingerprint density at radius 1 is 1.50 bits per heavy atom. The first-order valence-electron chi connectivity index (χ1n) is 5.55. The highest BCUT2D eigenvalue weighted by molar-refractivity contribution is 5.12. The number of rotatable bonds is 6. The van der Waals surface area contributed by atoms with Crippen molar-refractivity contribution in [1.29, 1.82) is 0 Å². The van der Waals surface area contributed by atoms with E-state index in [1.165, 1.54) is 0 Å². The number of aliphatic hydroxyl groups is 1. The topological polar surface area (TPSA) is 48.4 Å². The summed E-state index contributed by atoms with van der Waals surface area (Å²) in [4.78, 5) is 6.04. The van der Waals surface area contributed by atoms with Crippen LogP contribution < -0.4 is 5.32 Å². The normalized spacial score (nSPS) is 15.1. The van der Waals surface area contributed by atoms with E-state index < -0.39 is 0 Å². The molecule has 0 saturated heterocycles. The van der Waals surface area contributed by atoms with Gasteiger partial charge in [0.2, 0.25) is 0 Å². The van der Waals surface area contributed by atoms with Gasteiger partial charge in [0.25, 0.3) is 0 Å². The van der Waals surface area contributed by atoms with Gasteiger partial charge in [-0.25, -0.2) is 0 Å². The van der Waals surface area contributed by atoms with E-state index in [0.29, 0.717) is 13.1 Å². The number of aromatic nitrogens is 1. The summed E-state index contributed by atoms with van der Waals surface area (Å²) in [6.45, 7) is 3.33. The molecule has 0 radical (unpaired) electrons. The van der Waals surface area contributed by atoms with E-state index in [-0.39, 0.29) is 12.1 Å². The van der Waals surface area contributed by atoms with Gasteiger partial charge in [0.15, 0.2) is 0 Å². The predicted octanol–water partition coefficient (Wildman–Crippen LogP) is 0.655. The number of hydrogen-bond acceptors (Lipinski definition) is 4. The molecule has 90 valence electrons. The molecule has 0 aliphatic rings. The summed E-state index contributed by atoms with van der Waals surface area (Å²) < 4.78 is 0. The third kappa shape index (κ3) is 4.70. The molecular formula is C12H21N3O. The Balaban J connectivity index is 2.33. The van der Waals surface area contributed by atoms with Crippen molar-refractivity contribution in [2.75, 3.05) is 27.2 Å². The number of aliphatic hydroxyl groups excluding tert-OH is 1. The first kappa shape index (κ1) is 13.1. The number of nitrogens with one attached hydrogen (secondary N) is 1. The number of pyridine rings is 1. The summed E-state index contributed by atoms with van der Waals surface area (Å²) in [6.07, 6.45) is 3.27. The first-order valence-corrected chi connectivity index (χ1v) is 5.55. The molecule has 1 rings (SSSR count). The van der Waals surface area contributed by atoms with Gasteiger partial charge in [0.05, 0.1) is 6.10 Å². The van der Waals surface area contributed by atoms with Crippen molar-refractivity contribution in [2.45, 2.75) is 19.1 Å². The highest BCUT2D eigenvalue weighted by Gasteiger charge is 2.09. The van der Waals surface area contributed by atoms with Crippen LogP contribution in [-0.4, -0.2) is 48.3 Å². The molecule has 2 atom stereocenters. The van der Waals surface area contributed by atoms with Crippen LogP contribution in [0.4, 0.5) is 0 Å². The van der Waals surface area contributed by atoms with E-state index in [2.05, 4.69) is 17.2 Å². The highest BCUT2D eigenvalue weighted by Crippen LogP contribution is 2.09. The molecule has 4 heteroatoms. The van der Waals surface area contributed by atoms with Crippen LogP contribution in [0.2, 0.25) is 0 Å². The fourth-order valence-electron chi connectivity index (χ4n) is 1.55. The maximum Gasteiger partial charge on any atom is 0.0791 e. The Morgan fingerprint density at radius 2 is 2.25 bits per heavy atom. The van der Waals surface area contributed by atoms with Gasteiger partial charge in [-0.2, -0.15) is 0 Å². The third-order valence-corrected chi connectivity index (χ3v) is 2.42. The average molecular weight is 223 g/mol. The Bertz CT molecular complexity index is 290. The second-order valence-electron chi connectivity index (χ2n) is 4.33. The fraction of sp³-hybridized carbons (Fsp3) is 0.583. The molecule has 0 aromatic carbocycles. The fourth-order valence-corrected chi connectivity index (χ4v) is 1.55. The molecule has 4 nitrogen and oxygen atoms in total. The third-order valence-electron chi connectivity index (χ3n) is 2.42. The summed E-state index contributed by atoms with van der Waals surface area (Å²) in [6, 6.07) is 4.16. The van der Waals surface area contributed by atoms with Crippen LogP contribution in [-0.2, 0) is 0 Å². The van der Waals surface area contributed by atoms with Crippen molar-refractivity contribution in [3.8, 4) is 0 Å². The van der Waals surface area contributed by atoms with Crippen molar-refractivity contribution in [2.24, 2.45) is 0 Å². The molecule has 0 bridgehead atoms. The maximum atomic E-state index is 9.70. The van der Waals surface area contributed by atoms with E-state index in [1.54, 1.807) is 6.20 Å². The Hall–Kier alpha value is -0.970. The van der Waals surface area contributed by atoms with Gasteiger partial charge < -0.3 is 15.3 Å². The molecule has 1 aromatic rings. The van der Waals surface area contributed by atoms with Crippen LogP contribution in [0.15, 0.2) is 24.5 Å². The Labute approximate surface area is 97.3 Å². The lowest BCUT2D eigenvalue weighted by molar-refractivity contribution is 0.132. The number of likely N-dealkylation sites (N-methyl/N-ethyl adjacent to an activating group) is 1. The average Bonchev–Trinajstić information content (AvgIpc) is 2.26. The largest absolute Gasteiger partial charge is 0.390 e. The zero-order chi connectivity index (χ0) is 12.0. The monoisotopic (exact) mass is 223 g/mol. The van der Waals surface area contributed by atoms with E-state index in [1.807, 2.05) is 37.3 Å². The van der Waals surface area contributed by atoms with Gasteiger partial charge in [-0.3, -0.25) is 4.98 Å². The van der Waals surface area contributed by atoms with Crippen molar-refractivity contribution in [1.82, 2.24) is 15.2 Å². The van der Waals surface area contributed by atoms with Crippen LogP contribution >= 0.6 is 0 Å². The smallest absolute Gasteiger partial charge is 0.0791 e. The van der Waals surface area contributed by atoms with E-state index >= 15 is 0 Å². The minimum absolute atomic E-state index is 0.213. The zero-order valence-electron chi connectivity index (χ0n) is 10.2. The number of nitrogens with zero attached hydrogens (tertiary/aromatic N) is 2. The maximum absolute atomic E-state index is 9.70. The summed E-state index contributed by atoms with van der Waals surface area (Å²) >= 11 is 0. The molecule has 0 aliphatic carbocycles. The summed E-state index contributed by atoms with van der Waals surface area (Å²) in [5, 5.41) is 13.0. The molecular weight excluding hydrogens is 202 g/mol. The van der Waals surface area contributed by atoms with Gasteiger partial charge >= 0.3 is 0 Å². The second kappa shape index (κ2) is 6.58. The summed E-state index contributed by atoms with van der Waals surface area (Å²) in [5.74, 6) is 0. The van der Waals surface area contributed by atoms with Gasteiger partial charge in [-0.15, -0.1) is 0 Å². The summed E-state index contributed by atoms with van der Waals surface area (Å²) in [7, 11) is 3.90. The molecule has 1 aromatic heterocycles. The van der Waals surface area contributed by atoms with Crippen LogP contribution in [0.5, 0.6) is 0 Å². The molecule has 0 spiro atoms. The minimum atomic E-state index is -0.339. The number of hydrogen-bond donors (Lipinski definition) is 2.